The topological polar surface area (TPSA) is 72.8 Å². The fourth-order valence-electron chi connectivity index (χ4n) is 3.32. The maximum Gasteiger partial charge on any atom is 0.335 e. The van der Waals surface area contributed by atoms with Crippen molar-refractivity contribution < 1.29 is 24.2 Å². The molecule has 5 heteroatoms. The summed E-state index contributed by atoms with van der Waals surface area (Å²) in [4.78, 5) is 23.2. The molecule has 5 nitrogen and oxygen atoms in total. The van der Waals surface area contributed by atoms with Gasteiger partial charge in [0.2, 0.25) is 6.79 Å². The van der Waals surface area contributed by atoms with Crippen LogP contribution >= 0.6 is 0 Å². The van der Waals surface area contributed by atoms with Crippen molar-refractivity contribution in [2.75, 3.05) is 6.79 Å². The van der Waals surface area contributed by atoms with Gasteiger partial charge in [0.05, 0.1) is 5.56 Å². The van der Waals surface area contributed by atoms with E-state index in [4.69, 9.17) is 14.6 Å². The number of ketones is 1. The number of ether oxygens (including phenoxy) is 2. The van der Waals surface area contributed by atoms with Crippen LogP contribution in [0.1, 0.15) is 40.2 Å². The van der Waals surface area contributed by atoms with E-state index in [-0.39, 0.29) is 24.1 Å². The highest BCUT2D eigenvalue weighted by atomic mass is 16.7. The molecule has 126 valence electrons. The van der Waals surface area contributed by atoms with Gasteiger partial charge in [-0.15, -0.1) is 0 Å². The minimum absolute atomic E-state index is 0.0705. The highest BCUT2D eigenvalue weighted by Crippen LogP contribution is 2.40. The van der Waals surface area contributed by atoms with E-state index in [9.17, 15) is 9.59 Å². The third-order valence-corrected chi connectivity index (χ3v) is 4.62. The Morgan fingerprint density at radius 2 is 1.76 bits per heavy atom. The number of fused-ring (bicyclic) bond motifs is 1. The Kier molecular flexibility index (Phi) is 3.76. The van der Waals surface area contributed by atoms with E-state index in [0.29, 0.717) is 12.2 Å². The van der Waals surface area contributed by atoms with Crippen LogP contribution in [0.25, 0.3) is 5.57 Å². The van der Waals surface area contributed by atoms with Crippen molar-refractivity contribution in [2.45, 2.75) is 18.8 Å². The molecule has 2 aromatic carbocycles. The largest absolute Gasteiger partial charge is 0.478 e. The number of carboxylic acids is 1. The number of carbonyl (C=O) groups excluding carboxylic acids is 1. The number of allylic oxidation sites excluding steroid dienone is 2. The zero-order valence-electron chi connectivity index (χ0n) is 13.4. The van der Waals surface area contributed by atoms with Crippen molar-refractivity contribution in [2.24, 2.45) is 0 Å². The maximum absolute atomic E-state index is 12.2. The smallest absolute Gasteiger partial charge is 0.335 e. The van der Waals surface area contributed by atoms with Gasteiger partial charge < -0.3 is 14.6 Å². The molecule has 0 spiro atoms. The van der Waals surface area contributed by atoms with Crippen molar-refractivity contribution in [1.82, 2.24) is 0 Å². The second kappa shape index (κ2) is 6.09. The Bertz CT molecular complexity index is 879. The first kappa shape index (κ1) is 15.4. The number of hydrogen-bond acceptors (Lipinski definition) is 4. The van der Waals surface area contributed by atoms with E-state index in [1.54, 1.807) is 30.3 Å². The molecule has 0 aromatic heterocycles. The summed E-state index contributed by atoms with van der Waals surface area (Å²) in [5.74, 6) is 0.628. The summed E-state index contributed by atoms with van der Waals surface area (Å²) < 4.78 is 10.8. The van der Waals surface area contributed by atoms with Crippen LogP contribution < -0.4 is 9.47 Å². The molecular weight excluding hydrogens is 320 g/mol. The number of carbonyl (C=O) groups is 2. The summed E-state index contributed by atoms with van der Waals surface area (Å²) in [5, 5.41) is 9.00. The molecule has 4 rings (SSSR count). The Labute approximate surface area is 144 Å². The van der Waals surface area contributed by atoms with Gasteiger partial charge in [-0.2, -0.15) is 0 Å². The Balaban J connectivity index is 1.60. The average molecular weight is 336 g/mol. The quantitative estimate of drug-likeness (QED) is 0.926. The number of rotatable bonds is 3. The van der Waals surface area contributed by atoms with Crippen molar-refractivity contribution in [3.63, 3.8) is 0 Å². The van der Waals surface area contributed by atoms with Gasteiger partial charge in [-0.25, -0.2) is 4.79 Å². The Hall–Kier alpha value is -3.08. The minimum Gasteiger partial charge on any atom is -0.478 e. The predicted octanol–water partition coefficient (Wildman–Crippen LogP) is 3.64. The SMILES string of the molecule is O=C1C=C(c2ccc(C(=O)O)cc2)C[C@@H](c2ccc3c(c2)OCO3)C1. The molecule has 2 aromatic rings. The molecule has 1 atom stereocenters. The first-order valence-electron chi connectivity index (χ1n) is 8.07. The van der Waals surface area contributed by atoms with Crippen LogP contribution in [0.5, 0.6) is 11.5 Å². The lowest BCUT2D eigenvalue weighted by molar-refractivity contribution is -0.115. The minimum atomic E-state index is -0.960. The summed E-state index contributed by atoms with van der Waals surface area (Å²) in [6, 6.07) is 12.4. The molecule has 1 aliphatic heterocycles. The zero-order chi connectivity index (χ0) is 17.4. The molecule has 0 radical (unpaired) electrons. The first-order valence-corrected chi connectivity index (χ1v) is 8.07. The van der Waals surface area contributed by atoms with E-state index >= 15 is 0 Å². The van der Waals surface area contributed by atoms with Crippen LogP contribution in [0, 0.1) is 0 Å². The molecule has 0 saturated heterocycles. The lowest BCUT2D eigenvalue weighted by atomic mass is 9.81. The number of carboxylic acid groups (broad SMARTS) is 1. The van der Waals surface area contributed by atoms with Crippen LogP contribution in [-0.4, -0.2) is 23.7 Å². The molecule has 0 bridgehead atoms. The second-order valence-corrected chi connectivity index (χ2v) is 6.24. The standard InChI is InChI=1S/C20H16O5/c21-17-8-15(12-1-3-13(4-2-12)20(22)23)7-16(9-17)14-5-6-18-19(10-14)25-11-24-18/h1-6,8,10,16H,7,9,11H2,(H,22,23)/t16-/m1/s1. The number of benzene rings is 2. The van der Waals surface area contributed by atoms with Crippen LogP contribution in [0.2, 0.25) is 0 Å². The highest BCUT2D eigenvalue weighted by molar-refractivity contribution is 5.99. The molecule has 0 saturated carbocycles. The van der Waals surface area contributed by atoms with Crippen molar-refractivity contribution >= 4 is 17.3 Å². The zero-order valence-corrected chi connectivity index (χ0v) is 13.4. The molecule has 1 heterocycles. The molecule has 1 aliphatic carbocycles. The molecule has 2 aliphatic rings. The maximum atomic E-state index is 12.2. The summed E-state index contributed by atoms with van der Waals surface area (Å²) in [6.07, 6.45) is 2.84. The average Bonchev–Trinajstić information content (AvgIpc) is 3.09. The fourth-order valence-corrected chi connectivity index (χ4v) is 3.32. The van der Waals surface area contributed by atoms with Gasteiger partial charge in [0.1, 0.15) is 0 Å². The monoisotopic (exact) mass is 336 g/mol. The fraction of sp³-hybridized carbons (Fsp3) is 0.200. The van der Waals surface area contributed by atoms with E-state index in [1.165, 1.54) is 0 Å². The van der Waals surface area contributed by atoms with Crippen LogP contribution in [-0.2, 0) is 4.79 Å². The highest BCUT2D eigenvalue weighted by Gasteiger charge is 2.25. The van der Waals surface area contributed by atoms with Crippen molar-refractivity contribution in [1.29, 1.82) is 0 Å². The first-order chi connectivity index (χ1) is 12.1. The van der Waals surface area contributed by atoms with Crippen molar-refractivity contribution in [3.05, 3.63) is 65.2 Å². The normalized spacial score (nSPS) is 18.8. The Morgan fingerprint density at radius 3 is 2.52 bits per heavy atom. The number of aromatic carboxylic acids is 1. The lowest BCUT2D eigenvalue weighted by Gasteiger charge is -2.23. The van der Waals surface area contributed by atoms with E-state index < -0.39 is 5.97 Å². The second-order valence-electron chi connectivity index (χ2n) is 6.24. The lowest BCUT2D eigenvalue weighted by Crippen LogP contribution is -2.12. The third-order valence-electron chi connectivity index (χ3n) is 4.62. The molecule has 1 N–H and O–H groups in total. The summed E-state index contributed by atoms with van der Waals surface area (Å²) >= 11 is 0. The van der Waals surface area contributed by atoms with E-state index in [0.717, 1.165) is 28.9 Å². The molecule has 0 unspecified atom stereocenters. The van der Waals surface area contributed by atoms with Gasteiger partial charge in [-0.3, -0.25) is 4.79 Å². The summed E-state index contributed by atoms with van der Waals surface area (Å²) in [6.45, 7) is 0.226. The number of hydrogen-bond donors (Lipinski definition) is 1. The van der Waals surface area contributed by atoms with Gasteiger partial charge >= 0.3 is 5.97 Å². The molecule has 0 amide bonds. The molecular formula is C20H16O5. The van der Waals surface area contributed by atoms with Crippen LogP contribution in [0.4, 0.5) is 0 Å². The van der Waals surface area contributed by atoms with Crippen molar-refractivity contribution in [3.8, 4) is 11.5 Å². The van der Waals surface area contributed by atoms with E-state index in [1.807, 2.05) is 18.2 Å². The summed E-state index contributed by atoms with van der Waals surface area (Å²) in [7, 11) is 0. The predicted molar refractivity (Wildman–Crippen MR) is 90.9 cm³/mol. The van der Waals surface area contributed by atoms with Gasteiger partial charge in [0, 0.05) is 6.42 Å². The van der Waals surface area contributed by atoms with E-state index in [2.05, 4.69) is 0 Å². The Morgan fingerprint density at radius 1 is 1.00 bits per heavy atom. The molecule has 0 fully saturated rings. The third kappa shape index (κ3) is 3.01. The van der Waals surface area contributed by atoms with Crippen LogP contribution in [0.15, 0.2) is 48.5 Å². The molecule has 25 heavy (non-hydrogen) atoms. The van der Waals surface area contributed by atoms with Gasteiger partial charge in [-0.05, 0) is 59.4 Å². The van der Waals surface area contributed by atoms with Gasteiger partial charge in [0.25, 0.3) is 0 Å². The van der Waals surface area contributed by atoms with Gasteiger partial charge in [-0.1, -0.05) is 18.2 Å². The van der Waals surface area contributed by atoms with Crippen LogP contribution in [0.3, 0.4) is 0 Å². The van der Waals surface area contributed by atoms with Gasteiger partial charge in [0.15, 0.2) is 17.3 Å². The summed E-state index contributed by atoms with van der Waals surface area (Å²) in [5.41, 5.74) is 3.09.